The average molecular weight is 250 g/mol. The maximum Gasteiger partial charge on any atom is 0.138 e. The smallest absolute Gasteiger partial charge is 0.138 e. The zero-order valence-electron chi connectivity index (χ0n) is 11.9. The number of nitrogens with one attached hydrogen (secondary N) is 1. The molecular formula is C14H26N4. The van der Waals surface area contributed by atoms with Crippen LogP contribution < -0.4 is 5.32 Å². The van der Waals surface area contributed by atoms with Crippen LogP contribution in [0.25, 0.3) is 0 Å². The Kier molecular flexibility index (Phi) is 4.75. The van der Waals surface area contributed by atoms with E-state index in [0.717, 1.165) is 30.6 Å². The molecule has 18 heavy (non-hydrogen) atoms. The number of aryl methyl sites for hydroxylation is 1. The monoisotopic (exact) mass is 250 g/mol. The van der Waals surface area contributed by atoms with Gasteiger partial charge in [0.1, 0.15) is 12.2 Å². The third-order valence-corrected chi connectivity index (χ3v) is 4.31. The highest BCUT2D eigenvalue weighted by Gasteiger charge is 2.31. The van der Waals surface area contributed by atoms with Crippen molar-refractivity contribution >= 4 is 0 Å². The minimum absolute atomic E-state index is 0.561. The highest BCUT2D eigenvalue weighted by Crippen LogP contribution is 2.34. The Balaban J connectivity index is 2.02. The Bertz CT molecular complexity index is 360. The largest absolute Gasteiger partial charge is 0.313 e. The topological polar surface area (TPSA) is 42.7 Å². The van der Waals surface area contributed by atoms with Gasteiger partial charge >= 0.3 is 0 Å². The van der Waals surface area contributed by atoms with Crippen LogP contribution in [0.15, 0.2) is 6.33 Å². The fourth-order valence-electron chi connectivity index (χ4n) is 3.18. The van der Waals surface area contributed by atoms with Crippen molar-refractivity contribution in [3.63, 3.8) is 0 Å². The molecule has 1 N–H and O–H groups in total. The van der Waals surface area contributed by atoms with Gasteiger partial charge in [0.15, 0.2) is 0 Å². The molecule has 1 saturated carbocycles. The molecule has 1 heterocycles. The molecule has 3 unspecified atom stereocenters. The Labute approximate surface area is 110 Å². The molecule has 1 aliphatic rings. The molecule has 0 spiro atoms. The van der Waals surface area contributed by atoms with Crippen molar-refractivity contribution < 1.29 is 0 Å². The molecular weight excluding hydrogens is 224 g/mol. The van der Waals surface area contributed by atoms with Crippen LogP contribution in [-0.4, -0.2) is 27.4 Å². The van der Waals surface area contributed by atoms with Crippen molar-refractivity contribution in [3.8, 4) is 0 Å². The molecule has 0 saturated heterocycles. The zero-order valence-corrected chi connectivity index (χ0v) is 11.9. The van der Waals surface area contributed by atoms with Gasteiger partial charge < -0.3 is 5.32 Å². The molecule has 102 valence electrons. The maximum atomic E-state index is 4.37. The number of hydrogen-bond acceptors (Lipinski definition) is 3. The van der Waals surface area contributed by atoms with Crippen molar-refractivity contribution in [2.45, 2.75) is 52.0 Å². The van der Waals surface area contributed by atoms with Crippen LogP contribution >= 0.6 is 0 Å². The van der Waals surface area contributed by atoms with E-state index >= 15 is 0 Å². The van der Waals surface area contributed by atoms with E-state index in [1.807, 2.05) is 11.7 Å². The van der Waals surface area contributed by atoms with Crippen LogP contribution in [-0.2, 0) is 13.5 Å². The van der Waals surface area contributed by atoms with Crippen LogP contribution in [0.1, 0.15) is 45.4 Å². The molecule has 0 bridgehead atoms. The highest BCUT2D eigenvalue weighted by atomic mass is 15.3. The first-order chi connectivity index (χ1) is 8.72. The summed E-state index contributed by atoms with van der Waals surface area (Å²) >= 11 is 0. The van der Waals surface area contributed by atoms with Gasteiger partial charge in [0, 0.05) is 19.5 Å². The third kappa shape index (κ3) is 3.10. The summed E-state index contributed by atoms with van der Waals surface area (Å²) in [5.74, 6) is 2.74. The van der Waals surface area contributed by atoms with Gasteiger partial charge in [0.05, 0.1) is 0 Å². The first kappa shape index (κ1) is 13.5. The first-order valence-corrected chi connectivity index (χ1v) is 7.28. The summed E-state index contributed by atoms with van der Waals surface area (Å²) in [7, 11) is 1.98. The fourth-order valence-corrected chi connectivity index (χ4v) is 3.18. The number of hydrogen-bond donors (Lipinski definition) is 1. The van der Waals surface area contributed by atoms with E-state index in [-0.39, 0.29) is 0 Å². The van der Waals surface area contributed by atoms with Gasteiger partial charge in [-0.2, -0.15) is 5.10 Å². The van der Waals surface area contributed by atoms with Crippen LogP contribution in [0.2, 0.25) is 0 Å². The van der Waals surface area contributed by atoms with Gasteiger partial charge in [-0.05, 0) is 31.2 Å². The molecule has 0 aliphatic heterocycles. The van der Waals surface area contributed by atoms with Gasteiger partial charge in [-0.3, -0.25) is 4.68 Å². The first-order valence-electron chi connectivity index (χ1n) is 7.28. The van der Waals surface area contributed by atoms with Gasteiger partial charge in [-0.1, -0.05) is 26.7 Å². The molecule has 1 fully saturated rings. The average Bonchev–Trinajstić information content (AvgIpc) is 2.94. The second kappa shape index (κ2) is 6.32. The van der Waals surface area contributed by atoms with E-state index in [9.17, 15) is 0 Å². The van der Waals surface area contributed by atoms with Gasteiger partial charge in [-0.25, -0.2) is 4.98 Å². The summed E-state index contributed by atoms with van der Waals surface area (Å²) in [5.41, 5.74) is 0. The number of rotatable bonds is 6. The molecule has 0 radical (unpaired) electrons. The lowest BCUT2D eigenvalue weighted by Gasteiger charge is -2.27. The lowest BCUT2D eigenvalue weighted by atomic mass is 9.88. The van der Waals surface area contributed by atoms with E-state index in [2.05, 4.69) is 29.2 Å². The molecule has 1 aromatic heterocycles. The fraction of sp³-hybridized carbons (Fsp3) is 0.857. The third-order valence-electron chi connectivity index (χ3n) is 4.31. The summed E-state index contributed by atoms with van der Waals surface area (Å²) in [6.45, 7) is 5.73. The molecule has 0 amide bonds. The number of aromatic nitrogens is 3. The quantitative estimate of drug-likeness (QED) is 0.841. The standard InChI is InChI=1S/C14H26N4/c1-4-8-15-13(12-7-5-6-11(12)2)9-14-16-10-17-18(14)3/h10-13,15H,4-9H2,1-3H3. The lowest BCUT2D eigenvalue weighted by molar-refractivity contribution is 0.290. The SMILES string of the molecule is CCCNC(Cc1ncnn1C)C1CCCC1C. The summed E-state index contributed by atoms with van der Waals surface area (Å²) in [6, 6.07) is 0.561. The molecule has 0 aromatic carbocycles. The predicted octanol–water partition coefficient (Wildman–Crippen LogP) is 2.16. The summed E-state index contributed by atoms with van der Waals surface area (Å²) in [5, 5.41) is 7.90. The minimum Gasteiger partial charge on any atom is -0.313 e. The van der Waals surface area contributed by atoms with Crippen LogP contribution in [0.3, 0.4) is 0 Å². The van der Waals surface area contributed by atoms with Crippen molar-refractivity contribution in [1.82, 2.24) is 20.1 Å². The molecule has 1 aliphatic carbocycles. The summed E-state index contributed by atoms with van der Waals surface area (Å²) in [6.07, 6.45) is 7.98. The van der Waals surface area contributed by atoms with E-state index in [1.165, 1.54) is 25.7 Å². The van der Waals surface area contributed by atoms with Crippen molar-refractivity contribution in [2.24, 2.45) is 18.9 Å². The molecule has 4 nitrogen and oxygen atoms in total. The van der Waals surface area contributed by atoms with Crippen molar-refractivity contribution in [3.05, 3.63) is 12.2 Å². The van der Waals surface area contributed by atoms with Gasteiger partial charge in [0.25, 0.3) is 0 Å². The summed E-state index contributed by atoms with van der Waals surface area (Å²) in [4.78, 5) is 4.37. The van der Waals surface area contributed by atoms with E-state index in [0.29, 0.717) is 6.04 Å². The number of nitrogens with zero attached hydrogens (tertiary/aromatic N) is 3. The van der Waals surface area contributed by atoms with Crippen LogP contribution in [0.4, 0.5) is 0 Å². The normalized spacial score (nSPS) is 25.5. The molecule has 2 rings (SSSR count). The Morgan fingerprint density at radius 2 is 2.33 bits per heavy atom. The molecule has 4 heteroatoms. The predicted molar refractivity (Wildman–Crippen MR) is 73.3 cm³/mol. The summed E-state index contributed by atoms with van der Waals surface area (Å²) < 4.78 is 1.90. The second-order valence-corrected chi connectivity index (χ2v) is 5.64. The van der Waals surface area contributed by atoms with E-state index in [1.54, 1.807) is 6.33 Å². The Morgan fingerprint density at radius 3 is 2.89 bits per heavy atom. The molecule has 3 atom stereocenters. The van der Waals surface area contributed by atoms with Crippen LogP contribution in [0, 0.1) is 11.8 Å². The molecule has 1 aromatic rings. The minimum atomic E-state index is 0.561. The van der Waals surface area contributed by atoms with Gasteiger partial charge in [0.2, 0.25) is 0 Å². The van der Waals surface area contributed by atoms with E-state index in [4.69, 9.17) is 0 Å². The van der Waals surface area contributed by atoms with Crippen molar-refractivity contribution in [1.29, 1.82) is 0 Å². The van der Waals surface area contributed by atoms with Crippen LogP contribution in [0.5, 0.6) is 0 Å². The second-order valence-electron chi connectivity index (χ2n) is 5.64. The van der Waals surface area contributed by atoms with Crippen molar-refractivity contribution in [2.75, 3.05) is 6.54 Å². The lowest BCUT2D eigenvalue weighted by Crippen LogP contribution is -2.40. The highest BCUT2D eigenvalue weighted by molar-refractivity contribution is 4.94. The maximum absolute atomic E-state index is 4.37. The Morgan fingerprint density at radius 1 is 1.50 bits per heavy atom. The Hall–Kier alpha value is -0.900. The zero-order chi connectivity index (χ0) is 13.0. The van der Waals surface area contributed by atoms with Gasteiger partial charge in [-0.15, -0.1) is 0 Å². The van der Waals surface area contributed by atoms with E-state index < -0.39 is 0 Å².